The Labute approximate surface area is 105 Å². The zero-order chi connectivity index (χ0) is 13.4. The zero-order valence-corrected chi connectivity index (χ0v) is 9.93. The van der Waals surface area contributed by atoms with Crippen molar-refractivity contribution in [3.05, 3.63) is 15.7 Å². The summed E-state index contributed by atoms with van der Waals surface area (Å²) in [5.41, 5.74) is 10.7. The number of nitriles is 1. The number of aromatic nitrogens is 3. The van der Waals surface area contributed by atoms with E-state index in [1.54, 1.807) is 6.26 Å². The Kier molecular flexibility index (Phi) is 2.68. The molecule has 0 spiro atoms. The fourth-order valence-corrected chi connectivity index (χ4v) is 2.17. The molecule has 0 saturated carbocycles. The van der Waals surface area contributed by atoms with Gasteiger partial charge in [0, 0.05) is 0 Å². The number of thioether (sulfide) groups is 1. The first-order valence-electron chi connectivity index (χ1n) is 4.57. The van der Waals surface area contributed by atoms with Gasteiger partial charge in [-0.05, 0) is 6.26 Å². The average Bonchev–Trinajstić information content (AvgIpc) is 2.62. The predicted octanol–water partition coefficient (Wildman–Crippen LogP) is 0.395. The van der Waals surface area contributed by atoms with Gasteiger partial charge in [0.1, 0.15) is 22.5 Å². The summed E-state index contributed by atoms with van der Waals surface area (Å²) in [5.74, 6) is -0.352. The van der Waals surface area contributed by atoms with Crippen LogP contribution in [0, 0.1) is 21.4 Å². The number of nitrogens with two attached hydrogens (primary N) is 2. The van der Waals surface area contributed by atoms with Crippen LogP contribution in [0.4, 0.5) is 17.3 Å². The summed E-state index contributed by atoms with van der Waals surface area (Å²) in [7, 11) is 0. The maximum Gasteiger partial charge on any atom is 0.357 e. The third-order valence-electron chi connectivity index (χ3n) is 2.24. The second-order valence-electron chi connectivity index (χ2n) is 3.22. The molecule has 0 aliphatic rings. The minimum absolute atomic E-state index is 0.0710. The van der Waals surface area contributed by atoms with Gasteiger partial charge in [-0.1, -0.05) is 0 Å². The van der Waals surface area contributed by atoms with Gasteiger partial charge < -0.3 is 11.5 Å². The van der Waals surface area contributed by atoms with Gasteiger partial charge in [0.15, 0.2) is 0 Å². The van der Waals surface area contributed by atoms with Crippen molar-refractivity contribution in [1.29, 1.82) is 5.26 Å². The molecule has 0 aliphatic heterocycles. The highest BCUT2D eigenvalue weighted by atomic mass is 32.2. The fourth-order valence-electron chi connectivity index (χ4n) is 1.51. The maximum absolute atomic E-state index is 10.9. The average molecular weight is 265 g/mol. The van der Waals surface area contributed by atoms with E-state index in [-0.39, 0.29) is 22.8 Å². The molecular weight excluding hydrogens is 258 g/mol. The van der Waals surface area contributed by atoms with Crippen molar-refractivity contribution in [2.45, 2.75) is 5.03 Å². The molecule has 0 bridgehead atoms. The lowest BCUT2D eigenvalue weighted by atomic mass is 10.3. The monoisotopic (exact) mass is 265 g/mol. The van der Waals surface area contributed by atoms with Crippen LogP contribution in [-0.4, -0.2) is 25.8 Å². The number of nitrogens with zero attached hydrogens (tertiary/aromatic N) is 5. The van der Waals surface area contributed by atoms with Gasteiger partial charge in [0.2, 0.25) is 11.5 Å². The van der Waals surface area contributed by atoms with Crippen LogP contribution in [-0.2, 0) is 0 Å². The van der Waals surface area contributed by atoms with Crippen molar-refractivity contribution < 1.29 is 4.92 Å². The second-order valence-corrected chi connectivity index (χ2v) is 4.01. The van der Waals surface area contributed by atoms with Crippen LogP contribution < -0.4 is 11.5 Å². The molecule has 0 fully saturated rings. The highest BCUT2D eigenvalue weighted by Crippen LogP contribution is 2.31. The van der Waals surface area contributed by atoms with Crippen LogP contribution in [0.3, 0.4) is 0 Å². The fraction of sp³-hybridized carbons (Fsp3) is 0.125. The van der Waals surface area contributed by atoms with Gasteiger partial charge in [0.25, 0.3) is 0 Å². The normalized spacial score (nSPS) is 10.4. The smallest absolute Gasteiger partial charge is 0.357 e. The summed E-state index contributed by atoms with van der Waals surface area (Å²) < 4.78 is 1.16. The molecule has 2 aromatic rings. The van der Waals surface area contributed by atoms with E-state index in [0.717, 1.165) is 4.52 Å². The van der Waals surface area contributed by atoms with E-state index in [1.807, 2.05) is 6.07 Å². The van der Waals surface area contributed by atoms with E-state index in [4.69, 9.17) is 16.7 Å². The molecule has 18 heavy (non-hydrogen) atoms. The largest absolute Gasteiger partial charge is 0.382 e. The lowest BCUT2D eigenvalue weighted by Crippen LogP contribution is -2.04. The van der Waals surface area contributed by atoms with E-state index in [0.29, 0.717) is 5.03 Å². The van der Waals surface area contributed by atoms with Crippen LogP contribution in [0.25, 0.3) is 5.65 Å². The lowest BCUT2D eigenvalue weighted by molar-refractivity contribution is -0.382. The van der Waals surface area contributed by atoms with Gasteiger partial charge in [-0.3, -0.25) is 10.1 Å². The van der Waals surface area contributed by atoms with Crippen molar-refractivity contribution in [1.82, 2.24) is 14.6 Å². The van der Waals surface area contributed by atoms with E-state index in [2.05, 4.69) is 10.1 Å². The molecule has 9 nitrogen and oxygen atoms in total. The second kappa shape index (κ2) is 4.04. The Bertz CT molecular complexity index is 702. The van der Waals surface area contributed by atoms with Crippen LogP contribution in [0.5, 0.6) is 0 Å². The van der Waals surface area contributed by atoms with Gasteiger partial charge in [-0.2, -0.15) is 9.78 Å². The van der Waals surface area contributed by atoms with Crippen molar-refractivity contribution in [3.8, 4) is 6.07 Å². The van der Waals surface area contributed by atoms with Crippen LogP contribution >= 0.6 is 11.8 Å². The Balaban J connectivity index is 2.98. The lowest BCUT2D eigenvalue weighted by Gasteiger charge is -2.04. The molecule has 0 aromatic carbocycles. The summed E-state index contributed by atoms with van der Waals surface area (Å²) in [6.07, 6.45) is 1.69. The van der Waals surface area contributed by atoms with Crippen molar-refractivity contribution in [3.63, 3.8) is 0 Å². The highest BCUT2D eigenvalue weighted by Gasteiger charge is 2.26. The SMILES string of the molecule is CSc1c(C#N)c(N)nc2c([N+](=O)[O-])c(N)nn12. The molecule has 0 unspecified atom stereocenters. The van der Waals surface area contributed by atoms with Crippen molar-refractivity contribution in [2.24, 2.45) is 0 Å². The van der Waals surface area contributed by atoms with Crippen LogP contribution in [0.2, 0.25) is 0 Å². The summed E-state index contributed by atoms with van der Waals surface area (Å²) in [4.78, 5) is 14.0. The maximum atomic E-state index is 10.9. The molecule has 0 amide bonds. The Morgan fingerprint density at radius 2 is 2.17 bits per heavy atom. The predicted molar refractivity (Wildman–Crippen MR) is 65.0 cm³/mol. The molecule has 10 heteroatoms. The number of hydrogen-bond donors (Lipinski definition) is 2. The molecule has 2 rings (SSSR count). The molecule has 2 heterocycles. The molecule has 0 radical (unpaired) electrons. The Morgan fingerprint density at radius 1 is 1.50 bits per heavy atom. The Hall–Kier alpha value is -2.54. The van der Waals surface area contributed by atoms with Crippen molar-refractivity contribution in [2.75, 3.05) is 17.7 Å². The summed E-state index contributed by atoms with van der Waals surface area (Å²) in [5, 5.41) is 24.0. The molecule has 92 valence electrons. The summed E-state index contributed by atoms with van der Waals surface area (Å²) in [6.45, 7) is 0. The van der Waals surface area contributed by atoms with Crippen LogP contribution in [0.15, 0.2) is 5.03 Å². The zero-order valence-electron chi connectivity index (χ0n) is 9.12. The number of rotatable bonds is 2. The topological polar surface area (TPSA) is 149 Å². The standard InChI is InChI=1S/C8H7N7O2S/c1-18-8-3(2-9)5(10)12-7-4(15(16)17)6(11)13-14(7)8/h1H3,(H2,10,12)(H2,11,13). The molecule has 0 aliphatic carbocycles. The highest BCUT2D eigenvalue weighted by molar-refractivity contribution is 7.98. The number of nitrogen functional groups attached to an aromatic ring is 2. The van der Waals surface area contributed by atoms with Crippen molar-refractivity contribution >= 4 is 34.7 Å². The first-order valence-corrected chi connectivity index (χ1v) is 5.79. The third kappa shape index (κ3) is 1.49. The van der Waals surface area contributed by atoms with Gasteiger partial charge in [-0.15, -0.1) is 16.9 Å². The minimum Gasteiger partial charge on any atom is -0.382 e. The molecule has 0 atom stereocenters. The van der Waals surface area contributed by atoms with Crippen LogP contribution in [0.1, 0.15) is 5.56 Å². The molecule has 4 N–H and O–H groups in total. The molecule has 0 saturated heterocycles. The third-order valence-corrected chi connectivity index (χ3v) is 3.00. The first-order chi connectivity index (χ1) is 8.51. The molecule has 2 aromatic heterocycles. The number of nitro groups is 1. The number of anilines is 2. The van der Waals surface area contributed by atoms with Gasteiger partial charge in [-0.25, -0.2) is 4.98 Å². The summed E-state index contributed by atoms with van der Waals surface area (Å²) >= 11 is 1.18. The first kappa shape index (κ1) is 11.9. The minimum atomic E-state index is -0.680. The summed E-state index contributed by atoms with van der Waals surface area (Å²) in [6, 6.07) is 1.89. The Morgan fingerprint density at radius 3 is 2.67 bits per heavy atom. The van der Waals surface area contributed by atoms with Gasteiger partial charge in [0.05, 0.1) is 4.92 Å². The van der Waals surface area contributed by atoms with E-state index in [9.17, 15) is 10.1 Å². The van der Waals surface area contributed by atoms with E-state index >= 15 is 0 Å². The van der Waals surface area contributed by atoms with Gasteiger partial charge >= 0.3 is 5.69 Å². The number of hydrogen-bond acceptors (Lipinski definition) is 8. The quantitative estimate of drug-likeness (QED) is 0.342. The van der Waals surface area contributed by atoms with E-state index in [1.165, 1.54) is 11.8 Å². The molecular formula is C8H7N7O2S. The number of fused-ring (bicyclic) bond motifs is 1. The van der Waals surface area contributed by atoms with E-state index < -0.39 is 10.6 Å².